The summed E-state index contributed by atoms with van der Waals surface area (Å²) < 4.78 is 56.8. The predicted octanol–water partition coefficient (Wildman–Crippen LogP) is 5.18. The average Bonchev–Trinajstić information content (AvgIpc) is 3.05. The first kappa shape index (κ1) is 17.8. The molecule has 2 aromatic heterocycles. The molecule has 0 aliphatic carbocycles. The van der Waals surface area contributed by atoms with Gasteiger partial charge in [-0.05, 0) is 36.4 Å². The van der Waals surface area contributed by atoms with Crippen LogP contribution in [0.25, 0.3) is 16.9 Å². The van der Waals surface area contributed by atoms with Crippen molar-refractivity contribution in [1.82, 2.24) is 14.6 Å². The van der Waals surface area contributed by atoms with Crippen molar-refractivity contribution in [1.29, 1.82) is 0 Å². The highest BCUT2D eigenvalue weighted by atomic mass is 19.4. The van der Waals surface area contributed by atoms with Crippen molar-refractivity contribution < 1.29 is 22.3 Å². The van der Waals surface area contributed by atoms with E-state index in [4.69, 9.17) is 0 Å². The van der Waals surface area contributed by atoms with Crippen molar-refractivity contribution in [2.75, 3.05) is 5.32 Å². The smallest absolute Gasteiger partial charge is 0.404 e. The molecule has 0 atom stereocenters. The van der Waals surface area contributed by atoms with Gasteiger partial charge in [0, 0.05) is 5.56 Å². The lowest BCUT2D eigenvalue weighted by Gasteiger charge is -2.14. The largest absolute Gasteiger partial charge is 0.573 e. The summed E-state index contributed by atoms with van der Waals surface area (Å²) in [5, 5.41) is 7.17. The van der Waals surface area contributed by atoms with E-state index < -0.39 is 12.2 Å². The summed E-state index contributed by atoms with van der Waals surface area (Å²) in [7, 11) is 0. The van der Waals surface area contributed by atoms with Crippen LogP contribution in [-0.2, 0) is 0 Å². The summed E-state index contributed by atoms with van der Waals surface area (Å²) in [5.74, 6) is -0.519. The molecule has 0 saturated heterocycles. The van der Waals surface area contributed by atoms with Gasteiger partial charge in [0.2, 0.25) is 0 Å². The van der Waals surface area contributed by atoms with Crippen LogP contribution in [0.2, 0.25) is 0 Å². The van der Waals surface area contributed by atoms with Crippen LogP contribution in [0.15, 0.2) is 66.9 Å². The van der Waals surface area contributed by atoms with E-state index in [1.165, 1.54) is 34.8 Å². The number of ether oxygens (including phenoxy) is 1. The molecule has 28 heavy (non-hydrogen) atoms. The van der Waals surface area contributed by atoms with Crippen LogP contribution in [-0.4, -0.2) is 21.0 Å². The third-order valence-electron chi connectivity index (χ3n) is 3.86. The van der Waals surface area contributed by atoms with Gasteiger partial charge in [0.25, 0.3) is 0 Å². The van der Waals surface area contributed by atoms with E-state index in [0.29, 0.717) is 16.9 Å². The minimum Gasteiger partial charge on any atom is -0.404 e. The Bertz CT molecular complexity index is 1140. The number of rotatable bonds is 4. The van der Waals surface area contributed by atoms with Crippen molar-refractivity contribution in [3.63, 3.8) is 0 Å². The predicted molar refractivity (Wildman–Crippen MR) is 94.8 cm³/mol. The maximum atomic E-state index is 13.5. The monoisotopic (exact) mass is 388 g/mol. The van der Waals surface area contributed by atoms with Gasteiger partial charge >= 0.3 is 6.36 Å². The zero-order valence-corrected chi connectivity index (χ0v) is 14.1. The molecule has 9 heteroatoms. The highest BCUT2D eigenvalue weighted by Gasteiger charge is 2.32. The molecular formula is C19H12F4N4O. The fourth-order valence-corrected chi connectivity index (χ4v) is 2.71. The zero-order chi connectivity index (χ0) is 19.7. The first-order valence-corrected chi connectivity index (χ1v) is 8.11. The number of halogens is 4. The van der Waals surface area contributed by atoms with Crippen LogP contribution in [0.4, 0.5) is 29.1 Å². The molecule has 2 heterocycles. The van der Waals surface area contributed by atoms with Crippen LogP contribution >= 0.6 is 0 Å². The fourth-order valence-electron chi connectivity index (χ4n) is 2.71. The highest BCUT2D eigenvalue weighted by molar-refractivity contribution is 5.67. The van der Waals surface area contributed by atoms with Crippen LogP contribution in [0.5, 0.6) is 5.75 Å². The number of nitrogens with one attached hydrogen (secondary N) is 1. The average molecular weight is 388 g/mol. The maximum Gasteiger partial charge on any atom is 0.573 e. The number of nitrogens with zero attached hydrogens (tertiary/aromatic N) is 3. The van der Waals surface area contributed by atoms with Crippen LogP contribution in [0, 0.1) is 5.82 Å². The Kier molecular flexibility index (Phi) is 4.34. The molecule has 2 aromatic carbocycles. The number of anilines is 2. The quantitative estimate of drug-likeness (QED) is 0.490. The third kappa shape index (κ3) is 3.73. The number of benzene rings is 2. The molecule has 0 bridgehead atoms. The second-order valence-corrected chi connectivity index (χ2v) is 5.81. The number of aromatic nitrogens is 3. The van der Waals surface area contributed by atoms with E-state index in [1.54, 1.807) is 36.5 Å². The Labute approximate surface area is 156 Å². The maximum absolute atomic E-state index is 13.5. The Morgan fingerprint density at radius 3 is 2.57 bits per heavy atom. The molecule has 0 fully saturated rings. The van der Waals surface area contributed by atoms with Crippen LogP contribution in [0.1, 0.15) is 0 Å². The van der Waals surface area contributed by atoms with Gasteiger partial charge in [-0.3, -0.25) is 0 Å². The van der Waals surface area contributed by atoms with E-state index >= 15 is 0 Å². The molecule has 0 amide bonds. The molecule has 4 aromatic rings. The van der Waals surface area contributed by atoms with Crippen molar-refractivity contribution in [2.24, 2.45) is 0 Å². The molecule has 0 aliphatic rings. The summed E-state index contributed by atoms with van der Waals surface area (Å²) >= 11 is 0. The van der Waals surface area contributed by atoms with Crippen molar-refractivity contribution in [2.45, 2.75) is 6.36 Å². The fraction of sp³-hybridized carbons (Fsp3) is 0.0526. The molecule has 0 spiro atoms. The second kappa shape index (κ2) is 6.84. The van der Waals surface area contributed by atoms with E-state index in [-0.39, 0.29) is 17.3 Å². The van der Waals surface area contributed by atoms with Crippen LogP contribution < -0.4 is 10.1 Å². The Balaban J connectivity index is 1.71. The minimum absolute atomic E-state index is 0.0964. The number of para-hydroxylation sites is 2. The van der Waals surface area contributed by atoms with E-state index in [1.807, 2.05) is 0 Å². The van der Waals surface area contributed by atoms with Gasteiger partial charge in [-0.1, -0.05) is 24.3 Å². The summed E-state index contributed by atoms with van der Waals surface area (Å²) in [5.41, 5.74) is 1.71. The Hall–Kier alpha value is -3.62. The Morgan fingerprint density at radius 2 is 1.79 bits per heavy atom. The normalized spacial score (nSPS) is 11.6. The van der Waals surface area contributed by atoms with Crippen molar-refractivity contribution >= 4 is 17.2 Å². The second-order valence-electron chi connectivity index (χ2n) is 5.81. The van der Waals surface area contributed by atoms with Gasteiger partial charge in [-0.25, -0.2) is 13.9 Å². The lowest BCUT2D eigenvalue weighted by molar-refractivity contribution is -0.274. The van der Waals surface area contributed by atoms with Gasteiger partial charge in [-0.2, -0.15) is 0 Å². The molecule has 0 saturated carbocycles. The summed E-state index contributed by atoms with van der Waals surface area (Å²) in [6.45, 7) is 0. The lowest BCUT2D eigenvalue weighted by atomic mass is 10.2. The molecule has 142 valence electrons. The summed E-state index contributed by atoms with van der Waals surface area (Å²) in [6, 6.07) is 14.8. The minimum atomic E-state index is -4.82. The van der Waals surface area contributed by atoms with Gasteiger partial charge in [0.1, 0.15) is 5.82 Å². The standard InChI is InChI=1S/C19H12F4N4O/c20-13-5-3-4-12(10-13)15-11-24-18-9-8-17(26-27(15)18)25-14-6-1-2-7-16(14)28-19(21,22)23/h1-11H,(H,25,26). The molecule has 0 unspecified atom stereocenters. The number of hydrogen-bond acceptors (Lipinski definition) is 4. The molecule has 1 N–H and O–H groups in total. The van der Waals surface area contributed by atoms with E-state index in [2.05, 4.69) is 20.1 Å². The lowest BCUT2D eigenvalue weighted by Crippen LogP contribution is -2.18. The first-order chi connectivity index (χ1) is 13.4. The SMILES string of the molecule is Fc1cccc(-c2cnc3ccc(Nc4ccccc4OC(F)(F)F)nn23)c1. The van der Waals surface area contributed by atoms with Crippen molar-refractivity contribution in [3.8, 4) is 17.0 Å². The highest BCUT2D eigenvalue weighted by Crippen LogP contribution is 2.32. The van der Waals surface area contributed by atoms with Crippen molar-refractivity contribution in [3.05, 3.63) is 72.7 Å². The molecule has 0 radical (unpaired) electrons. The van der Waals surface area contributed by atoms with Gasteiger partial charge < -0.3 is 10.1 Å². The van der Waals surface area contributed by atoms with Gasteiger partial charge in [0.15, 0.2) is 17.2 Å². The van der Waals surface area contributed by atoms with E-state index in [9.17, 15) is 17.6 Å². The zero-order valence-electron chi connectivity index (χ0n) is 14.1. The summed E-state index contributed by atoms with van der Waals surface area (Å²) in [6.07, 6.45) is -3.27. The molecule has 0 aliphatic heterocycles. The van der Waals surface area contributed by atoms with Crippen LogP contribution in [0.3, 0.4) is 0 Å². The van der Waals surface area contributed by atoms with E-state index in [0.717, 1.165) is 0 Å². The number of hydrogen-bond donors (Lipinski definition) is 1. The third-order valence-corrected chi connectivity index (χ3v) is 3.86. The topological polar surface area (TPSA) is 51.5 Å². The molecule has 5 nitrogen and oxygen atoms in total. The first-order valence-electron chi connectivity index (χ1n) is 8.11. The van der Waals surface area contributed by atoms with Gasteiger partial charge in [-0.15, -0.1) is 18.3 Å². The number of alkyl halides is 3. The number of imidazole rings is 1. The molecule has 4 rings (SSSR count). The summed E-state index contributed by atoms with van der Waals surface area (Å²) in [4.78, 5) is 4.22. The number of fused-ring (bicyclic) bond motifs is 1. The van der Waals surface area contributed by atoms with Gasteiger partial charge in [0.05, 0.1) is 17.6 Å². The molecular weight excluding hydrogens is 376 g/mol. The Morgan fingerprint density at radius 1 is 0.964 bits per heavy atom.